The van der Waals surface area contributed by atoms with E-state index in [4.69, 9.17) is 19.8 Å². The molecule has 0 fully saturated rings. The zero-order valence-corrected chi connectivity index (χ0v) is 11.1. The summed E-state index contributed by atoms with van der Waals surface area (Å²) in [5.41, 5.74) is 0.445. The lowest BCUT2D eigenvalue weighted by Crippen LogP contribution is -2.09. The summed E-state index contributed by atoms with van der Waals surface area (Å²) < 4.78 is 9.73. The maximum atomic E-state index is 11.5. The van der Waals surface area contributed by atoms with Gasteiger partial charge in [-0.3, -0.25) is 0 Å². The zero-order valence-electron chi connectivity index (χ0n) is 11.1. The quantitative estimate of drug-likeness (QED) is 0.355. The molecule has 1 rings (SSSR count). The van der Waals surface area contributed by atoms with Crippen LogP contribution in [0.2, 0.25) is 0 Å². The molecule has 0 aromatic heterocycles. The molecule has 0 aliphatic rings. The molecular formula is C15H13NO5. The van der Waals surface area contributed by atoms with Crippen LogP contribution in [0.3, 0.4) is 0 Å². The summed E-state index contributed by atoms with van der Waals surface area (Å²) in [5.74, 6) is -1.43. The molecule has 6 heteroatoms. The van der Waals surface area contributed by atoms with Crippen LogP contribution in [-0.4, -0.2) is 30.3 Å². The molecule has 0 saturated heterocycles. The van der Waals surface area contributed by atoms with Gasteiger partial charge in [-0.2, -0.15) is 5.26 Å². The van der Waals surface area contributed by atoms with Gasteiger partial charge in [-0.1, -0.05) is 24.8 Å². The van der Waals surface area contributed by atoms with Crippen LogP contribution < -0.4 is 4.74 Å². The molecule has 0 atom stereocenters. The summed E-state index contributed by atoms with van der Waals surface area (Å²) in [5, 5.41) is 17.4. The summed E-state index contributed by atoms with van der Waals surface area (Å²) in [7, 11) is 0. The molecule has 1 aromatic rings. The Hall–Kier alpha value is -3.07. The van der Waals surface area contributed by atoms with Crippen molar-refractivity contribution in [2.45, 2.75) is 0 Å². The molecule has 0 saturated carbocycles. The van der Waals surface area contributed by atoms with Crippen LogP contribution in [0.25, 0.3) is 6.08 Å². The van der Waals surface area contributed by atoms with Gasteiger partial charge >= 0.3 is 11.9 Å². The van der Waals surface area contributed by atoms with Crippen molar-refractivity contribution in [3.05, 3.63) is 48.1 Å². The van der Waals surface area contributed by atoms with Gasteiger partial charge in [0.2, 0.25) is 0 Å². The van der Waals surface area contributed by atoms with Crippen molar-refractivity contribution >= 4 is 18.0 Å². The standard InChI is InChI=1S/C15H13NO5/c1-2-7-20-15(19)12(9-16)8-11-3-5-13(6-4-11)21-10-14(17)18/h2-6,8H,1,7,10H2,(H,17,18)/b12-8+. The van der Waals surface area contributed by atoms with E-state index in [1.165, 1.54) is 12.2 Å². The Bertz CT molecular complexity index is 595. The lowest BCUT2D eigenvalue weighted by atomic mass is 10.1. The number of carbonyl (C=O) groups is 2. The molecule has 1 N–H and O–H groups in total. The van der Waals surface area contributed by atoms with Crippen LogP contribution in [0.4, 0.5) is 0 Å². The maximum absolute atomic E-state index is 11.5. The second-order valence-corrected chi connectivity index (χ2v) is 3.81. The Morgan fingerprint density at radius 1 is 1.33 bits per heavy atom. The number of benzene rings is 1. The summed E-state index contributed by atoms with van der Waals surface area (Å²) in [6.45, 7) is 3.00. The van der Waals surface area contributed by atoms with Crippen molar-refractivity contribution in [1.82, 2.24) is 0 Å². The van der Waals surface area contributed by atoms with E-state index in [9.17, 15) is 9.59 Å². The molecule has 1 aromatic carbocycles. The molecular weight excluding hydrogens is 274 g/mol. The predicted octanol–water partition coefficient (Wildman–Crippen LogP) is 1.79. The van der Waals surface area contributed by atoms with Crippen molar-refractivity contribution in [1.29, 1.82) is 5.26 Å². The SMILES string of the molecule is C=CCOC(=O)/C(C#N)=C/c1ccc(OCC(=O)O)cc1. The van der Waals surface area contributed by atoms with Gasteiger partial charge in [-0.05, 0) is 23.8 Å². The Balaban J connectivity index is 2.78. The number of nitriles is 1. The Kier molecular flexibility index (Phi) is 6.22. The minimum atomic E-state index is -1.07. The van der Waals surface area contributed by atoms with Crippen molar-refractivity contribution in [3.8, 4) is 11.8 Å². The zero-order chi connectivity index (χ0) is 15.7. The van der Waals surface area contributed by atoms with Gasteiger partial charge in [0.1, 0.15) is 24.0 Å². The Morgan fingerprint density at radius 2 is 2.00 bits per heavy atom. The minimum absolute atomic E-state index is 0.0276. The smallest absolute Gasteiger partial charge is 0.349 e. The van der Waals surface area contributed by atoms with E-state index in [1.54, 1.807) is 30.3 Å². The second-order valence-electron chi connectivity index (χ2n) is 3.81. The van der Waals surface area contributed by atoms with E-state index in [2.05, 4.69) is 6.58 Å². The summed E-state index contributed by atoms with van der Waals surface area (Å²) >= 11 is 0. The number of esters is 1. The third-order valence-electron chi connectivity index (χ3n) is 2.23. The van der Waals surface area contributed by atoms with Gasteiger partial charge < -0.3 is 14.6 Å². The van der Waals surface area contributed by atoms with Crippen molar-refractivity contribution < 1.29 is 24.2 Å². The lowest BCUT2D eigenvalue weighted by molar-refractivity contribution is -0.139. The highest BCUT2D eigenvalue weighted by Crippen LogP contribution is 2.15. The van der Waals surface area contributed by atoms with Crippen LogP contribution in [0, 0.1) is 11.3 Å². The van der Waals surface area contributed by atoms with E-state index in [1.807, 2.05) is 0 Å². The van der Waals surface area contributed by atoms with E-state index < -0.39 is 18.5 Å². The second kappa shape index (κ2) is 8.17. The maximum Gasteiger partial charge on any atom is 0.349 e. The van der Waals surface area contributed by atoms with Crippen LogP contribution in [0.1, 0.15) is 5.56 Å². The van der Waals surface area contributed by atoms with Gasteiger partial charge in [0.25, 0.3) is 0 Å². The van der Waals surface area contributed by atoms with E-state index in [0.717, 1.165) is 0 Å². The molecule has 108 valence electrons. The van der Waals surface area contributed by atoms with Gasteiger partial charge in [0, 0.05) is 0 Å². The Labute approximate surface area is 121 Å². The van der Waals surface area contributed by atoms with Crippen LogP contribution >= 0.6 is 0 Å². The number of aliphatic carboxylic acids is 1. The third-order valence-corrected chi connectivity index (χ3v) is 2.23. The molecule has 0 radical (unpaired) electrons. The fourth-order valence-corrected chi connectivity index (χ4v) is 1.32. The molecule has 21 heavy (non-hydrogen) atoms. The van der Waals surface area contributed by atoms with Crippen LogP contribution in [0.5, 0.6) is 5.75 Å². The van der Waals surface area contributed by atoms with Gasteiger partial charge in [0.15, 0.2) is 6.61 Å². The van der Waals surface area contributed by atoms with E-state index >= 15 is 0 Å². The number of carboxylic acids is 1. The summed E-state index contributed by atoms with van der Waals surface area (Å²) in [6, 6.07) is 8.02. The van der Waals surface area contributed by atoms with E-state index in [-0.39, 0.29) is 12.2 Å². The first-order valence-corrected chi connectivity index (χ1v) is 5.91. The largest absolute Gasteiger partial charge is 0.482 e. The van der Waals surface area contributed by atoms with Gasteiger partial charge in [-0.15, -0.1) is 0 Å². The minimum Gasteiger partial charge on any atom is -0.482 e. The summed E-state index contributed by atoms with van der Waals surface area (Å²) in [6.07, 6.45) is 2.77. The predicted molar refractivity (Wildman–Crippen MR) is 74.3 cm³/mol. The fraction of sp³-hybridized carbons (Fsp3) is 0.133. The first kappa shape index (κ1) is 16.0. The van der Waals surface area contributed by atoms with Crippen LogP contribution in [-0.2, 0) is 14.3 Å². The van der Waals surface area contributed by atoms with Crippen molar-refractivity contribution in [2.75, 3.05) is 13.2 Å². The van der Waals surface area contributed by atoms with Crippen molar-refractivity contribution in [2.24, 2.45) is 0 Å². The highest BCUT2D eigenvalue weighted by atomic mass is 16.5. The molecule has 0 unspecified atom stereocenters. The highest BCUT2D eigenvalue weighted by molar-refractivity contribution is 5.97. The first-order chi connectivity index (χ1) is 10.1. The normalized spacial score (nSPS) is 10.3. The average Bonchev–Trinajstić information content (AvgIpc) is 2.49. The number of carboxylic acid groups (broad SMARTS) is 1. The Morgan fingerprint density at radius 3 is 2.52 bits per heavy atom. The summed E-state index contributed by atoms with van der Waals surface area (Å²) in [4.78, 5) is 21.9. The number of ether oxygens (including phenoxy) is 2. The number of carbonyl (C=O) groups excluding carboxylic acids is 1. The number of hydrogen-bond donors (Lipinski definition) is 1. The third kappa shape index (κ3) is 5.61. The number of hydrogen-bond acceptors (Lipinski definition) is 5. The monoisotopic (exact) mass is 287 g/mol. The molecule has 0 aliphatic heterocycles. The number of nitrogens with zero attached hydrogens (tertiary/aromatic N) is 1. The van der Waals surface area contributed by atoms with Gasteiger partial charge in [0.05, 0.1) is 0 Å². The molecule has 0 spiro atoms. The molecule has 0 aliphatic carbocycles. The van der Waals surface area contributed by atoms with Crippen LogP contribution in [0.15, 0.2) is 42.5 Å². The highest BCUT2D eigenvalue weighted by Gasteiger charge is 2.09. The molecule has 0 heterocycles. The number of rotatable bonds is 7. The average molecular weight is 287 g/mol. The molecule has 0 amide bonds. The molecule has 6 nitrogen and oxygen atoms in total. The van der Waals surface area contributed by atoms with Crippen molar-refractivity contribution in [3.63, 3.8) is 0 Å². The molecule has 0 bridgehead atoms. The lowest BCUT2D eigenvalue weighted by Gasteiger charge is -2.03. The van der Waals surface area contributed by atoms with E-state index in [0.29, 0.717) is 11.3 Å². The topological polar surface area (TPSA) is 96.6 Å². The van der Waals surface area contributed by atoms with Gasteiger partial charge in [-0.25, -0.2) is 9.59 Å². The first-order valence-electron chi connectivity index (χ1n) is 5.91. The fourth-order valence-electron chi connectivity index (χ4n) is 1.32.